The van der Waals surface area contributed by atoms with Crippen LogP contribution in [0.2, 0.25) is 0 Å². The standard InChI is InChI=1S/C66H45N3/c1-4-16-46(17-5-1)51-42-52(47-18-6-2-7-19-47)44-53(43-51)50-32-36-56(37-33-50)67(58-40-41-66-62(45-58)61-24-12-15-27-65(61)68(66)54-20-8-3-9-21-54)55-34-28-48(29-35-55)49-30-38-57(39-31-49)69-63-25-13-10-22-59(63)60-23-11-14-26-64(60)69/h1-45H. The molecule has 0 fully saturated rings. The highest BCUT2D eigenvalue weighted by molar-refractivity contribution is 6.11. The van der Waals surface area contributed by atoms with Crippen LogP contribution in [0, 0.1) is 0 Å². The van der Waals surface area contributed by atoms with Crippen LogP contribution in [0.25, 0.3) is 99.5 Å². The van der Waals surface area contributed by atoms with Crippen molar-refractivity contribution >= 4 is 60.7 Å². The summed E-state index contributed by atoms with van der Waals surface area (Å²) in [6, 6.07) is 99.1. The molecule has 13 aromatic rings. The second-order valence-electron chi connectivity index (χ2n) is 17.8. The lowest BCUT2D eigenvalue weighted by Gasteiger charge is -2.26. The Bertz CT molecular complexity index is 3850. The van der Waals surface area contributed by atoms with Gasteiger partial charge in [-0.2, -0.15) is 0 Å². The number of hydrogen-bond donors (Lipinski definition) is 0. The number of nitrogens with zero attached hydrogens (tertiary/aromatic N) is 3. The van der Waals surface area contributed by atoms with Crippen molar-refractivity contribution in [2.24, 2.45) is 0 Å². The van der Waals surface area contributed by atoms with Crippen molar-refractivity contribution in [3.63, 3.8) is 0 Å². The van der Waals surface area contributed by atoms with Gasteiger partial charge in [-0.3, -0.25) is 0 Å². The van der Waals surface area contributed by atoms with E-state index in [4.69, 9.17) is 0 Å². The van der Waals surface area contributed by atoms with E-state index < -0.39 is 0 Å². The van der Waals surface area contributed by atoms with E-state index in [0.29, 0.717) is 0 Å². The van der Waals surface area contributed by atoms with Gasteiger partial charge in [0, 0.05) is 50.0 Å². The molecule has 0 aliphatic rings. The zero-order chi connectivity index (χ0) is 45.7. The van der Waals surface area contributed by atoms with Gasteiger partial charge in [0.1, 0.15) is 0 Å². The second-order valence-corrected chi connectivity index (χ2v) is 17.8. The molecule has 11 aromatic carbocycles. The molecule has 0 saturated heterocycles. The van der Waals surface area contributed by atoms with Crippen LogP contribution < -0.4 is 4.90 Å². The number of para-hydroxylation sites is 4. The van der Waals surface area contributed by atoms with Gasteiger partial charge in [-0.25, -0.2) is 0 Å². The Morgan fingerprint density at radius 2 is 0.522 bits per heavy atom. The first kappa shape index (κ1) is 40.1. The van der Waals surface area contributed by atoms with Crippen LogP contribution in [0.4, 0.5) is 17.1 Å². The second kappa shape index (κ2) is 16.9. The van der Waals surface area contributed by atoms with E-state index in [-0.39, 0.29) is 0 Å². The predicted octanol–water partition coefficient (Wildman–Crippen LogP) is 18.0. The Morgan fingerprint density at radius 3 is 0.986 bits per heavy atom. The highest BCUT2D eigenvalue weighted by Crippen LogP contribution is 2.42. The third kappa shape index (κ3) is 7.16. The largest absolute Gasteiger partial charge is 0.310 e. The maximum absolute atomic E-state index is 2.39. The Labute approximate surface area is 401 Å². The summed E-state index contributed by atoms with van der Waals surface area (Å²) in [6.07, 6.45) is 0. The fraction of sp³-hybridized carbons (Fsp3) is 0. The Hall–Kier alpha value is -9.18. The average molecular weight is 880 g/mol. The van der Waals surface area contributed by atoms with E-state index in [1.165, 1.54) is 77.0 Å². The van der Waals surface area contributed by atoms with Crippen molar-refractivity contribution < 1.29 is 0 Å². The molecule has 2 aromatic heterocycles. The summed E-state index contributed by atoms with van der Waals surface area (Å²) in [5.74, 6) is 0. The molecule has 3 nitrogen and oxygen atoms in total. The number of aromatic nitrogens is 2. The summed E-state index contributed by atoms with van der Waals surface area (Å²) < 4.78 is 4.75. The Morgan fingerprint density at radius 1 is 0.203 bits per heavy atom. The van der Waals surface area contributed by atoms with Gasteiger partial charge in [-0.15, -0.1) is 0 Å². The first-order valence-corrected chi connectivity index (χ1v) is 23.7. The quantitative estimate of drug-likeness (QED) is 0.141. The van der Waals surface area contributed by atoms with Gasteiger partial charge in [0.25, 0.3) is 0 Å². The topological polar surface area (TPSA) is 13.1 Å². The summed E-state index contributed by atoms with van der Waals surface area (Å²) in [5, 5.41) is 4.96. The first-order valence-electron chi connectivity index (χ1n) is 23.7. The smallest absolute Gasteiger partial charge is 0.0542 e. The molecule has 69 heavy (non-hydrogen) atoms. The number of fused-ring (bicyclic) bond motifs is 6. The molecule has 0 amide bonds. The van der Waals surface area contributed by atoms with E-state index in [0.717, 1.165) is 39.6 Å². The lowest BCUT2D eigenvalue weighted by Crippen LogP contribution is -2.10. The molecule has 0 unspecified atom stereocenters. The summed E-state index contributed by atoms with van der Waals surface area (Å²) in [4.78, 5) is 2.39. The zero-order valence-electron chi connectivity index (χ0n) is 37.8. The van der Waals surface area contributed by atoms with Crippen LogP contribution in [-0.4, -0.2) is 9.13 Å². The molecule has 0 saturated carbocycles. The van der Waals surface area contributed by atoms with Crippen LogP contribution in [0.1, 0.15) is 0 Å². The minimum absolute atomic E-state index is 1.08. The molecular weight excluding hydrogens is 835 g/mol. The summed E-state index contributed by atoms with van der Waals surface area (Å²) in [5.41, 5.74) is 19.8. The van der Waals surface area contributed by atoms with Gasteiger partial charge in [0.2, 0.25) is 0 Å². The molecule has 324 valence electrons. The zero-order valence-corrected chi connectivity index (χ0v) is 37.8. The van der Waals surface area contributed by atoms with Crippen molar-refractivity contribution in [3.05, 3.63) is 273 Å². The SMILES string of the molecule is c1ccc(-c2cc(-c3ccccc3)cc(-c3ccc(N(c4ccc(-c5ccc(-n6c7ccccc7c7ccccc76)cc5)cc4)c4ccc5c(c4)c4ccccc4n5-c4ccccc4)cc3)c2)cc1. The highest BCUT2D eigenvalue weighted by Gasteiger charge is 2.19. The number of rotatable bonds is 9. The first-order chi connectivity index (χ1) is 34.2. The monoisotopic (exact) mass is 879 g/mol. The van der Waals surface area contributed by atoms with Crippen molar-refractivity contribution in [2.45, 2.75) is 0 Å². The Balaban J connectivity index is 0.908. The highest BCUT2D eigenvalue weighted by atomic mass is 15.1. The van der Waals surface area contributed by atoms with Gasteiger partial charge in [0.05, 0.1) is 22.1 Å². The van der Waals surface area contributed by atoms with Crippen molar-refractivity contribution in [2.75, 3.05) is 4.90 Å². The molecule has 2 heterocycles. The normalized spacial score (nSPS) is 11.5. The molecule has 0 bridgehead atoms. The van der Waals surface area contributed by atoms with Gasteiger partial charge in [0.15, 0.2) is 0 Å². The molecule has 0 atom stereocenters. The molecule has 3 heteroatoms. The minimum atomic E-state index is 1.08. The Kier molecular flexibility index (Phi) is 9.84. The van der Waals surface area contributed by atoms with Crippen LogP contribution in [0.15, 0.2) is 273 Å². The molecule has 0 spiro atoms. The van der Waals surface area contributed by atoms with Crippen molar-refractivity contribution in [1.82, 2.24) is 9.13 Å². The van der Waals surface area contributed by atoms with E-state index >= 15 is 0 Å². The van der Waals surface area contributed by atoms with Gasteiger partial charge >= 0.3 is 0 Å². The van der Waals surface area contributed by atoms with Crippen LogP contribution in [0.3, 0.4) is 0 Å². The van der Waals surface area contributed by atoms with Gasteiger partial charge in [-0.1, -0.05) is 170 Å². The third-order valence-corrected chi connectivity index (χ3v) is 13.7. The molecule has 13 rings (SSSR count). The van der Waals surface area contributed by atoms with Crippen LogP contribution in [0.5, 0.6) is 0 Å². The lowest BCUT2D eigenvalue weighted by molar-refractivity contribution is 1.18. The lowest BCUT2D eigenvalue weighted by atomic mass is 9.93. The minimum Gasteiger partial charge on any atom is -0.310 e. The third-order valence-electron chi connectivity index (χ3n) is 13.7. The van der Waals surface area contributed by atoms with Crippen LogP contribution >= 0.6 is 0 Å². The summed E-state index contributed by atoms with van der Waals surface area (Å²) in [7, 11) is 0. The fourth-order valence-electron chi connectivity index (χ4n) is 10.4. The van der Waals surface area contributed by atoms with E-state index in [1.54, 1.807) is 0 Å². The van der Waals surface area contributed by atoms with E-state index in [9.17, 15) is 0 Å². The molecule has 0 aliphatic carbocycles. The molecule has 0 N–H and O–H groups in total. The van der Waals surface area contributed by atoms with Crippen molar-refractivity contribution in [3.8, 4) is 55.9 Å². The average Bonchev–Trinajstić information content (AvgIpc) is 3.95. The van der Waals surface area contributed by atoms with Gasteiger partial charge in [-0.05, 0) is 148 Å². The summed E-state index contributed by atoms with van der Waals surface area (Å²) >= 11 is 0. The maximum Gasteiger partial charge on any atom is 0.0542 e. The van der Waals surface area contributed by atoms with E-state index in [1.807, 2.05) is 0 Å². The van der Waals surface area contributed by atoms with Gasteiger partial charge < -0.3 is 14.0 Å². The number of anilines is 3. The molecule has 0 radical (unpaired) electrons. The predicted molar refractivity (Wildman–Crippen MR) is 292 cm³/mol. The summed E-state index contributed by atoms with van der Waals surface area (Å²) in [6.45, 7) is 0. The van der Waals surface area contributed by atoms with Crippen LogP contribution in [-0.2, 0) is 0 Å². The fourth-order valence-corrected chi connectivity index (χ4v) is 10.4. The molecular formula is C66H45N3. The van der Waals surface area contributed by atoms with E-state index in [2.05, 4.69) is 287 Å². The number of benzene rings is 11. The number of hydrogen-bond acceptors (Lipinski definition) is 1. The maximum atomic E-state index is 2.39. The molecule has 0 aliphatic heterocycles. The van der Waals surface area contributed by atoms with Crippen molar-refractivity contribution in [1.29, 1.82) is 0 Å².